The zero-order valence-corrected chi connectivity index (χ0v) is 11.6. The summed E-state index contributed by atoms with van der Waals surface area (Å²) in [6.45, 7) is 0. The second kappa shape index (κ2) is 5.67. The summed E-state index contributed by atoms with van der Waals surface area (Å²) >= 11 is 4.99. The van der Waals surface area contributed by atoms with Crippen molar-refractivity contribution < 1.29 is 4.74 Å². The van der Waals surface area contributed by atoms with Crippen molar-refractivity contribution in [3.63, 3.8) is 0 Å². The molecule has 19 heavy (non-hydrogen) atoms. The van der Waals surface area contributed by atoms with Crippen molar-refractivity contribution in [2.75, 3.05) is 19.0 Å². The van der Waals surface area contributed by atoms with Crippen LogP contribution in [0.3, 0.4) is 0 Å². The summed E-state index contributed by atoms with van der Waals surface area (Å²) < 4.78 is 5.80. The molecule has 2 rings (SSSR count). The van der Waals surface area contributed by atoms with E-state index in [2.05, 4.69) is 4.98 Å². The summed E-state index contributed by atoms with van der Waals surface area (Å²) in [6, 6.07) is 9.50. The van der Waals surface area contributed by atoms with Crippen molar-refractivity contribution in [1.82, 2.24) is 4.98 Å². The number of hydrogen-bond acceptors (Lipinski definition) is 4. The molecule has 4 nitrogen and oxygen atoms in total. The van der Waals surface area contributed by atoms with Gasteiger partial charge >= 0.3 is 0 Å². The lowest BCUT2D eigenvalue weighted by atomic mass is 10.2. The third kappa shape index (κ3) is 3.20. The largest absolute Gasteiger partial charge is 0.455 e. The van der Waals surface area contributed by atoms with Crippen LogP contribution in [-0.2, 0) is 0 Å². The molecule has 0 aliphatic rings. The fourth-order valence-electron chi connectivity index (χ4n) is 1.62. The number of nitrogens with two attached hydrogens (primary N) is 1. The van der Waals surface area contributed by atoms with Crippen LogP contribution < -0.4 is 15.4 Å². The van der Waals surface area contributed by atoms with Crippen LogP contribution in [0.15, 0.2) is 42.7 Å². The van der Waals surface area contributed by atoms with Crippen LogP contribution in [0.5, 0.6) is 11.5 Å². The molecule has 0 aliphatic carbocycles. The molecule has 0 saturated carbocycles. The first-order valence-electron chi connectivity index (χ1n) is 5.77. The van der Waals surface area contributed by atoms with Crippen molar-refractivity contribution in [3.8, 4) is 11.5 Å². The Kier molecular flexibility index (Phi) is 3.97. The number of anilines is 1. The van der Waals surface area contributed by atoms with E-state index in [1.54, 1.807) is 18.5 Å². The van der Waals surface area contributed by atoms with E-state index in [4.69, 9.17) is 22.7 Å². The third-order valence-electron chi connectivity index (χ3n) is 2.61. The van der Waals surface area contributed by atoms with Crippen LogP contribution >= 0.6 is 12.2 Å². The Balaban J connectivity index is 2.31. The van der Waals surface area contributed by atoms with Crippen LogP contribution in [0.25, 0.3) is 0 Å². The highest BCUT2D eigenvalue weighted by molar-refractivity contribution is 7.80. The van der Waals surface area contributed by atoms with Gasteiger partial charge in [-0.2, -0.15) is 0 Å². The Labute approximate surface area is 117 Å². The topological polar surface area (TPSA) is 51.4 Å². The van der Waals surface area contributed by atoms with Gasteiger partial charge < -0.3 is 15.4 Å². The van der Waals surface area contributed by atoms with E-state index in [0.717, 1.165) is 11.4 Å². The highest BCUT2D eigenvalue weighted by Crippen LogP contribution is 2.27. The van der Waals surface area contributed by atoms with Crippen LogP contribution in [0, 0.1) is 0 Å². The maximum atomic E-state index is 5.80. The lowest BCUT2D eigenvalue weighted by Gasteiger charge is -2.14. The van der Waals surface area contributed by atoms with Gasteiger partial charge in [-0.3, -0.25) is 4.98 Å². The second-order valence-electron chi connectivity index (χ2n) is 4.23. The average molecular weight is 273 g/mol. The molecular weight excluding hydrogens is 258 g/mol. The summed E-state index contributed by atoms with van der Waals surface area (Å²) in [7, 11) is 3.95. The van der Waals surface area contributed by atoms with E-state index < -0.39 is 0 Å². The number of thiocarbonyl (C=S) groups is 1. The van der Waals surface area contributed by atoms with Crippen molar-refractivity contribution in [3.05, 3.63) is 48.3 Å². The number of ether oxygens (including phenoxy) is 1. The number of rotatable bonds is 4. The highest BCUT2D eigenvalue weighted by atomic mass is 32.1. The summed E-state index contributed by atoms with van der Waals surface area (Å²) in [5.41, 5.74) is 7.40. The standard InChI is InChI=1S/C14H15N3OS/c1-17(2)10-4-3-5-11(8-10)18-13-9-16-7-6-12(13)14(15)19/h3-9H,1-2H3,(H2,15,19). The van der Waals surface area contributed by atoms with Gasteiger partial charge in [0, 0.05) is 32.0 Å². The first-order chi connectivity index (χ1) is 9.08. The SMILES string of the molecule is CN(C)c1cccc(Oc2cnccc2C(N)=S)c1. The van der Waals surface area contributed by atoms with Crippen molar-refractivity contribution in [2.24, 2.45) is 5.73 Å². The fraction of sp³-hybridized carbons (Fsp3) is 0.143. The van der Waals surface area contributed by atoms with E-state index in [-0.39, 0.29) is 0 Å². The van der Waals surface area contributed by atoms with Gasteiger partial charge in [-0.25, -0.2) is 0 Å². The Morgan fingerprint density at radius 1 is 1.32 bits per heavy atom. The fourth-order valence-corrected chi connectivity index (χ4v) is 1.79. The monoisotopic (exact) mass is 273 g/mol. The third-order valence-corrected chi connectivity index (χ3v) is 2.83. The van der Waals surface area contributed by atoms with Gasteiger partial charge in [-0.15, -0.1) is 0 Å². The molecule has 2 N–H and O–H groups in total. The maximum absolute atomic E-state index is 5.80. The van der Waals surface area contributed by atoms with Crippen LogP contribution in [0.4, 0.5) is 5.69 Å². The van der Waals surface area contributed by atoms with Gasteiger partial charge in [0.05, 0.1) is 11.8 Å². The van der Waals surface area contributed by atoms with Crippen molar-refractivity contribution in [1.29, 1.82) is 0 Å². The Morgan fingerprint density at radius 3 is 2.79 bits per heavy atom. The quantitative estimate of drug-likeness (QED) is 0.868. The second-order valence-corrected chi connectivity index (χ2v) is 4.67. The van der Waals surface area contributed by atoms with Crippen molar-refractivity contribution in [2.45, 2.75) is 0 Å². The minimum atomic E-state index is 0.293. The Morgan fingerprint density at radius 2 is 2.11 bits per heavy atom. The predicted octanol–water partition coefficient (Wildman–Crippen LogP) is 2.57. The van der Waals surface area contributed by atoms with Crippen LogP contribution in [0.1, 0.15) is 5.56 Å². The average Bonchev–Trinajstić information content (AvgIpc) is 2.39. The summed E-state index contributed by atoms with van der Waals surface area (Å²) in [4.78, 5) is 6.33. The lowest BCUT2D eigenvalue weighted by molar-refractivity contribution is 0.479. The lowest BCUT2D eigenvalue weighted by Crippen LogP contribution is -2.11. The number of benzene rings is 1. The van der Waals surface area contributed by atoms with E-state index in [9.17, 15) is 0 Å². The van der Waals surface area contributed by atoms with Gasteiger partial charge in [0.15, 0.2) is 5.75 Å². The number of pyridine rings is 1. The normalized spacial score (nSPS) is 10.0. The summed E-state index contributed by atoms with van der Waals surface area (Å²) in [6.07, 6.45) is 3.24. The highest BCUT2D eigenvalue weighted by Gasteiger charge is 2.08. The molecule has 0 radical (unpaired) electrons. The molecule has 0 amide bonds. The molecule has 1 aromatic heterocycles. The minimum Gasteiger partial charge on any atom is -0.455 e. The first-order valence-corrected chi connectivity index (χ1v) is 6.18. The molecule has 0 unspecified atom stereocenters. The molecule has 0 spiro atoms. The molecule has 0 aliphatic heterocycles. The van der Waals surface area contributed by atoms with Gasteiger partial charge in [-0.1, -0.05) is 18.3 Å². The Hall–Kier alpha value is -2.14. The predicted molar refractivity (Wildman–Crippen MR) is 81.0 cm³/mol. The maximum Gasteiger partial charge on any atom is 0.155 e. The smallest absolute Gasteiger partial charge is 0.155 e. The number of aromatic nitrogens is 1. The summed E-state index contributed by atoms with van der Waals surface area (Å²) in [5.74, 6) is 1.28. The molecular formula is C14H15N3OS. The molecule has 5 heteroatoms. The molecule has 0 bridgehead atoms. The zero-order chi connectivity index (χ0) is 13.8. The van der Waals surface area contributed by atoms with E-state index in [1.165, 1.54) is 0 Å². The minimum absolute atomic E-state index is 0.293. The van der Waals surface area contributed by atoms with Gasteiger partial charge in [0.2, 0.25) is 0 Å². The molecule has 1 aromatic carbocycles. The van der Waals surface area contributed by atoms with Crippen LogP contribution in [0.2, 0.25) is 0 Å². The molecule has 1 heterocycles. The van der Waals surface area contributed by atoms with E-state index in [0.29, 0.717) is 16.3 Å². The first kappa shape index (κ1) is 13.3. The number of nitrogens with zero attached hydrogens (tertiary/aromatic N) is 2. The van der Waals surface area contributed by atoms with Gasteiger partial charge in [0.25, 0.3) is 0 Å². The molecule has 2 aromatic rings. The van der Waals surface area contributed by atoms with Gasteiger partial charge in [-0.05, 0) is 18.2 Å². The summed E-state index contributed by atoms with van der Waals surface area (Å²) in [5, 5.41) is 0. The number of hydrogen-bond donors (Lipinski definition) is 1. The molecule has 98 valence electrons. The van der Waals surface area contributed by atoms with Crippen molar-refractivity contribution >= 4 is 22.9 Å². The Bertz CT molecular complexity index is 599. The van der Waals surface area contributed by atoms with E-state index in [1.807, 2.05) is 43.3 Å². The molecule has 0 atom stereocenters. The zero-order valence-electron chi connectivity index (χ0n) is 10.8. The van der Waals surface area contributed by atoms with E-state index >= 15 is 0 Å². The molecule has 0 fully saturated rings. The van der Waals surface area contributed by atoms with Gasteiger partial charge in [0.1, 0.15) is 10.7 Å². The molecule has 0 saturated heterocycles. The van der Waals surface area contributed by atoms with Crippen LogP contribution in [-0.4, -0.2) is 24.1 Å².